The molecule has 1 heteroatoms. The van der Waals surface area contributed by atoms with Crippen molar-refractivity contribution in [3.8, 4) is 11.3 Å². The van der Waals surface area contributed by atoms with Gasteiger partial charge in [0, 0.05) is 11.8 Å². The molecular weight excluding hydrogens is 326 g/mol. The fourth-order valence-corrected chi connectivity index (χ4v) is 4.52. The highest BCUT2D eigenvalue weighted by Crippen LogP contribution is 2.34. The van der Waals surface area contributed by atoms with Crippen LogP contribution in [0.3, 0.4) is 0 Å². The number of aryl methyl sites for hydroxylation is 2. The lowest BCUT2D eigenvalue weighted by molar-refractivity contribution is 0.249. The fourth-order valence-electron chi connectivity index (χ4n) is 4.52. The number of unbranched alkanes of at least 4 members (excludes halogenated alkanes) is 2. The van der Waals surface area contributed by atoms with E-state index in [1.807, 2.05) is 0 Å². The van der Waals surface area contributed by atoms with Crippen LogP contribution in [0.2, 0.25) is 0 Å². The zero-order chi connectivity index (χ0) is 18.9. The topological polar surface area (TPSA) is 12.9 Å². The van der Waals surface area contributed by atoms with Crippen molar-refractivity contribution in [1.82, 2.24) is 4.98 Å². The summed E-state index contributed by atoms with van der Waals surface area (Å²) in [5, 5.41) is 0. The molecule has 0 aliphatic heterocycles. The summed E-state index contributed by atoms with van der Waals surface area (Å²) in [4.78, 5) is 4.72. The Bertz CT molecular complexity index is 648. The molecule has 27 heavy (non-hydrogen) atoms. The van der Waals surface area contributed by atoms with Crippen LogP contribution in [0, 0.1) is 11.8 Å². The first-order chi connectivity index (χ1) is 13.3. The minimum absolute atomic E-state index is 0.939. The normalized spacial score (nSPS) is 19.9. The van der Waals surface area contributed by atoms with Crippen LogP contribution in [-0.4, -0.2) is 4.98 Å². The smallest absolute Gasteiger partial charge is 0.0702 e. The van der Waals surface area contributed by atoms with E-state index in [4.69, 9.17) is 4.98 Å². The third-order valence-electron chi connectivity index (χ3n) is 6.51. The van der Waals surface area contributed by atoms with Gasteiger partial charge in [-0.05, 0) is 48.3 Å². The molecule has 1 aliphatic rings. The van der Waals surface area contributed by atoms with Crippen LogP contribution in [0.15, 0.2) is 42.6 Å². The van der Waals surface area contributed by atoms with Crippen LogP contribution in [0.5, 0.6) is 0 Å². The zero-order valence-electron chi connectivity index (χ0n) is 17.4. The van der Waals surface area contributed by atoms with Crippen LogP contribution in [0.1, 0.15) is 82.8 Å². The van der Waals surface area contributed by atoms with Crippen molar-refractivity contribution in [1.29, 1.82) is 0 Å². The highest BCUT2D eigenvalue weighted by atomic mass is 14.7. The third kappa shape index (κ3) is 6.19. The average Bonchev–Trinajstić information content (AvgIpc) is 2.74. The molecule has 1 nitrogen and oxygen atoms in total. The molecule has 0 spiro atoms. The molecule has 0 unspecified atom stereocenters. The van der Waals surface area contributed by atoms with Gasteiger partial charge < -0.3 is 0 Å². The molecule has 1 fully saturated rings. The Labute approximate surface area is 166 Å². The summed E-state index contributed by atoms with van der Waals surface area (Å²) in [6.07, 6.45) is 17.3. The van der Waals surface area contributed by atoms with Gasteiger partial charge in [-0.25, -0.2) is 0 Å². The lowest BCUT2D eigenvalue weighted by Crippen LogP contribution is -2.15. The summed E-state index contributed by atoms with van der Waals surface area (Å²) >= 11 is 0. The Kier molecular flexibility index (Phi) is 7.93. The van der Waals surface area contributed by atoms with Crippen molar-refractivity contribution in [3.05, 3.63) is 53.7 Å². The van der Waals surface area contributed by atoms with Crippen LogP contribution in [-0.2, 0) is 12.8 Å². The average molecular weight is 364 g/mol. The molecule has 0 bridgehead atoms. The second-order valence-corrected chi connectivity index (χ2v) is 8.52. The molecule has 0 amide bonds. The maximum Gasteiger partial charge on any atom is 0.0702 e. The van der Waals surface area contributed by atoms with Gasteiger partial charge >= 0.3 is 0 Å². The maximum absolute atomic E-state index is 4.72. The van der Waals surface area contributed by atoms with Crippen LogP contribution in [0.4, 0.5) is 0 Å². The second kappa shape index (κ2) is 10.6. The first-order valence-electron chi connectivity index (χ1n) is 11.3. The molecular formula is C26H37N. The minimum atomic E-state index is 0.939. The number of aromatic nitrogens is 1. The molecule has 0 atom stereocenters. The molecule has 2 aromatic rings. The molecule has 0 radical (unpaired) electrons. The molecule has 1 aromatic carbocycles. The Morgan fingerprint density at radius 2 is 1.44 bits per heavy atom. The third-order valence-corrected chi connectivity index (χ3v) is 6.51. The van der Waals surface area contributed by atoms with Crippen molar-refractivity contribution < 1.29 is 0 Å². The van der Waals surface area contributed by atoms with Crippen molar-refractivity contribution >= 4 is 0 Å². The lowest BCUT2D eigenvalue weighted by atomic mass is 9.78. The molecule has 0 N–H and O–H groups in total. The predicted octanol–water partition coefficient (Wildman–Crippen LogP) is 7.63. The van der Waals surface area contributed by atoms with E-state index in [1.54, 1.807) is 0 Å². The van der Waals surface area contributed by atoms with Gasteiger partial charge in [-0.2, -0.15) is 0 Å². The molecule has 1 aliphatic carbocycles. The monoisotopic (exact) mass is 363 g/mol. The first kappa shape index (κ1) is 20.1. The van der Waals surface area contributed by atoms with E-state index < -0.39 is 0 Å². The maximum atomic E-state index is 4.72. The number of rotatable bonds is 9. The fraction of sp³-hybridized carbons (Fsp3) is 0.577. The number of pyridine rings is 1. The van der Waals surface area contributed by atoms with E-state index in [0.29, 0.717) is 0 Å². The standard InChI is InChI=1S/C26H37N/c1-3-5-6-7-22-8-10-23(11-9-22)12-13-24-16-19-26(27-20-24)25-17-14-21(4-2)15-18-25/h14-20,22-23H,3-13H2,1-2H3. The van der Waals surface area contributed by atoms with Crippen molar-refractivity contribution in [2.24, 2.45) is 11.8 Å². The number of hydrogen-bond donors (Lipinski definition) is 0. The summed E-state index contributed by atoms with van der Waals surface area (Å²) < 4.78 is 0. The van der Waals surface area contributed by atoms with Crippen molar-refractivity contribution in [2.75, 3.05) is 0 Å². The Balaban J connectivity index is 1.42. The highest BCUT2D eigenvalue weighted by Gasteiger charge is 2.20. The van der Waals surface area contributed by atoms with Gasteiger partial charge in [0.05, 0.1) is 5.69 Å². The minimum Gasteiger partial charge on any atom is -0.256 e. The van der Waals surface area contributed by atoms with Crippen LogP contribution < -0.4 is 0 Å². The van der Waals surface area contributed by atoms with Crippen LogP contribution in [0.25, 0.3) is 11.3 Å². The Hall–Kier alpha value is -1.63. The van der Waals surface area contributed by atoms with Gasteiger partial charge in [-0.15, -0.1) is 0 Å². The molecule has 3 rings (SSSR count). The zero-order valence-corrected chi connectivity index (χ0v) is 17.4. The van der Waals surface area contributed by atoms with E-state index in [-0.39, 0.29) is 0 Å². The summed E-state index contributed by atoms with van der Waals surface area (Å²) in [5.74, 6) is 1.96. The second-order valence-electron chi connectivity index (χ2n) is 8.52. The van der Waals surface area contributed by atoms with Gasteiger partial charge in [0.15, 0.2) is 0 Å². The van der Waals surface area contributed by atoms with Crippen molar-refractivity contribution in [2.45, 2.75) is 84.5 Å². The molecule has 1 saturated carbocycles. The molecule has 146 valence electrons. The van der Waals surface area contributed by atoms with Gasteiger partial charge in [0.1, 0.15) is 0 Å². The van der Waals surface area contributed by atoms with E-state index in [2.05, 4.69) is 56.4 Å². The molecule has 1 aromatic heterocycles. The Morgan fingerprint density at radius 3 is 2.04 bits per heavy atom. The molecule has 0 saturated heterocycles. The quantitative estimate of drug-likeness (QED) is 0.417. The van der Waals surface area contributed by atoms with Gasteiger partial charge in [0.2, 0.25) is 0 Å². The van der Waals surface area contributed by atoms with Gasteiger partial charge in [-0.3, -0.25) is 4.98 Å². The van der Waals surface area contributed by atoms with E-state index in [9.17, 15) is 0 Å². The van der Waals surface area contributed by atoms with E-state index >= 15 is 0 Å². The number of nitrogens with zero attached hydrogens (tertiary/aromatic N) is 1. The largest absolute Gasteiger partial charge is 0.256 e. The van der Waals surface area contributed by atoms with E-state index in [1.165, 1.54) is 80.9 Å². The predicted molar refractivity (Wildman–Crippen MR) is 117 cm³/mol. The molecule has 1 heterocycles. The van der Waals surface area contributed by atoms with Gasteiger partial charge in [-0.1, -0.05) is 95.5 Å². The summed E-state index contributed by atoms with van der Waals surface area (Å²) in [6, 6.07) is 13.3. The Morgan fingerprint density at radius 1 is 0.778 bits per heavy atom. The van der Waals surface area contributed by atoms with Gasteiger partial charge in [0.25, 0.3) is 0 Å². The highest BCUT2D eigenvalue weighted by molar-refractivity contribution is 5.59. The summed E-state index contributed by atoms with van der Waals surface area (Å²) in [5.41, 5.74) is 5.10. The van der Waals surface area contributed by atoms with E-state index in [0.717, 1.165) is 24.0 Å². The van der Waals surface area contributed by atoms with Crippen molar-refractivity contribution in [3.63, 3.8) is 0 Å². The first-order valence-corrected chi connectivity index (χ1v) is 11.3. The number of hydrogen-bond acceptors (Lipinski definition) is 1. The summed E-state index contributed by atoms with van der Waals surface area (Å²) in [6.45, 7) is 4.50. The van der Waals surface area contributed by atoms with Crippen LogP contribution >= 0.6 is 0 Å². The lowest BCUT2D eigenvalue weighted by Gasteiger charge is -2.28. The summed E-state index contributed by atoms with van der Waals surface area (Å²) in [7, 11) is 0. The SMILES string of the molecule is CCCCCC1CCC(CCc2ccc(-c3ccc(CC)cc3)nc2)CC1. The number of benzene rings is 1.